The number of hydrogen-bond donors (Lipinski definition) is 3. The second kappa shape index (κ2) is 7.70. The molecule has 4 rings (SSSR count). The predicted octanol–water partition coefficient (Wildman–Crippen LogP) is 3.33. The molecule has 1 amide bonds. The minimum atomic E-state index is -1.15. The van der Waals surface area contributed by atoms with Gasteiger partial charge in [0.2, 0.25) is 11.9 Å². The summed E-state index contributed by atoms with van der Waals surface area (Å²) >= 11 is 0. The van der Waals surface area contributed by atoms with Gasteiger partial charge in [-0.2, -0.15) is 5.10 Å². The molecule has 0 aliphatic carbocycles. The van der Waals surface area contributed by atoms with E-state index in [0.717, 1.165) is 12.1 Å². The molecule has 0 saturated heterocycles. The fourth-order valence-corrected chi connectivity index (χ4v) is 2.68. The standard InChI is InChI=1S/C19H13F3N6O2/c20-12-2-1-3-14(18(12)22)26-17(30)9-28-8-11(7-24-28)25-19-23-6-10-4-13(21)16(29)5-15(10)27-19/h1-8,29H,9H2,(H,26,30)(H,23,25,27). The van der Waals surface area contributed by atoms with Crippen molar-refractivity contribution >= 4 is 34.1 Å². The van der Waals surface area contributed by atoms with Crippen LogP contribution in [0.3, 0.4) is 0 Å². The van der Waals surface area contributed by atoms with Crippen molar-refractivity contribution in [2.24, 2.45) is 0 Å². The van der Waals surface area contributed by atoms with E-state index in [0.29, 0.717) is 16.6 Å². The van der Waals surface area contributed by atoms with Gasteiger partial charge in [-0.05, 0) is 18.2 Å². The Morgan fingerprint density at radius 2 is 1.97 bits per heavy atom. The van der Waals surface area contributed by atoms with Gasteiger partial charge in [-0.15, -0.1) is 0 Å². The van der Waals surface area contributed by atoms with Crippen LogP contribution in [0.1, 0.15) is 0 Å². The largest absolute Gasteiger partial charge is 0.505 e. The van der Waals surface area contributed by atoms with Crippen LogP contribution in [0.15, 0.2) is 48.9 Å². The molecule has 11 heteroatoms. The van der Waals surface area contributed by atoms with E-state index in [2.05, 4.69) is 25.7 Å². The summed E-state index contributed by atoms with van der Waals surface area (Å²) in [7, 11) is 0. The second-order valence-corrected chi connectivity index (χ2v) is 6.26. The number of amides is 1. The number of carbonyl (C=O) groups is 1. The summed E-state index contributed by atoms with van der Waals surface area (Å²) < 4.78 is 41.5. The van der Waals surface area contributed by atoms with Crippen molar-refractivity contribution in [3.05, 3.63) is 66.4 Å². The number of anilines is 3. The van der Waals surface area contributed by atoms with Gasteiger partial charge in [0, 0.05) is 23.8 Å². The molecule has 3 N–H and O–H groups in total. The van der Waals surface area contributed by atoms with Crippen molar-refractivity contribution in [2.75, 3.05) is 10.6 Å². The number of hydrogen-bond acceptors (Lipinski definition) is 6. The highest BCUT2D eigenvalue weighted by molar-refractivity contribution is 5.90. The van der Waals surface area contributed by atoms with E-state index in [1.807, 2.05) is 0 Å². The Morgan fingerprint density at radius 3 is 2.80 bits per heavy atom. The number of rotatable bonds is 5. The summed E-state index contributed by atoms with van der Waals surface area (Å²) in [4.78, 5) is 20.3. The Morgan fingerprint density at radius 1 is 1.13 bits per heavy atom. The van der Waals surface area contributed by atoms with Crippen molar-refractivity contribution in [2.45, 2.75) is 6.54 Å². The lowest BCUT2D eigenvalue weighted by Crippen LogP contribution is -2.19. The first kappa shape index (κ1) is 19.2. The number of aromatic nitrogens is 4. The lowest BCUT2D eigenvalue weighted by atomic mass is 10.2. The molecular formula is C19H13F3N6O2. The smallest absolute Gasteiger partial charge is 0.246 e. The topological polar surface area (TPSA) is 105 Å². The number of nitrogens with one attached hydrogen (secondary N) is 2. The quantitative estimate of drug-likeness (QED) is 0.463. The summed E-state index contributed by atoms with van der Waals surface area (Å²) in [6.07, 6.45) is 4.28. The second-order valence-electron chi connectivity index (χ2n) is 6.26. The van der Waals surface area contributed by atoms with Gasteiger partial charge in [0.25, 0.3) is 0 Å². The number of phenols is 1. The number of nitrogens with zero attached hydrogens (tertiary/aromatic N) is 4. The maximum absolute atomic E-state index is 13.6. The first-order valence-electron chi connectivity index (χ1n) is 8.57. The highest BCUT2D eigenvalue weighted by Gasteiger charge is 2.12. The van der Waals surface area contributed by atoms with Crippen LogP contribution in [0.25, 0.3) is 10.9 Å². The van der Waals surface area contributed by atoms with Gasteiger partial charge in [0.1, 0.15) is 6.54 Å². The molecule has 4 aromatic rings. The Labute approximate surface area is 167 Å². The molecule has 0 spiro atoms. The summed E-state index contributed by atoms with van der Waals surface area (Å²) in [5, 5.41) is 19.0. The van der Waals surface area contributed by atoms with E-state index in [1.54, 1.807) is 0 Å². The third-order valence-corrected chi connectivity index (χ3v) is 4.07. The van der Waals surface area contributed by atoms with E-state index in [-0.39, 0.29) is 18.2 Å². The number of phenolic OH excluding ortho intramolecular Hbond substituents is 1. The predicted molar refractivity (Wildman–Crippen MR) is 102 cm³/mol. The first-order valence-corrected chi connectivity index (χ1v) is 8.57. The lowest BCUT2D eigenvalue weighted by molar-refractivity contribution is -0.116. The molecule has 0 unspecified atom stereocenters. The van der Waals surface area contributed by atoms with Crippen molar-refractivity contribution in [3.8, 4) is 5.75 Å². The number of aromatic hydroxyl groups is 1. The van der Waals surface area contributed by atoms with Crippen molar-refractivity contribution in [1.82, 2.24) is 19.7 Å². The molecule has 8 nitrogen and oxygen atoms in total. The van der Waals surface area contributed by atoms with Crippen LogP contribution in [0.5, 0.6) is 5.75 Å². The summed E-state index contributed by atoms with van der Waals surface area (Å²) in [5.74, 6) is -3.95. The molecule has 0 aliphatic rings. The van der Waals surface area contributed by atoms with Crippen LogP contribution in [-0.4, -0.2) is 30.8 Å². The van der Waals surface area contributed by atoms with Gasteiger partial charge in [-0.3, -0.25) is 9.48 Å². The Bertz CT molecular complexity index is 1260. The van der Waals surface area contributed by atoms with Crippen molar-refractivity contribution < 1.29 is 23.1 Å². The third kappa shape index (κ3) is 3.99. The highest BCUT2D eigenvalue weighted by atomic mass is 19.2. The average Bonchev–Trinajstić information content (AvgIpc) is 3.13. The van der Waals surface area contributed by atoms with Crippen molar-refractivity contribution in [1.29, 1.82) is 0 Å². The maximum atomic E-state index is 13.6. The zero-order valence-electron chi connectivity index (χ0n) is 15.1. The lowest BCUT2D eigenvalue weighted by Gasteiger charge is -2.07. The zero-order valence-corrected chi connectivity index (χ0v) is 15.1. The van der Waals surface area contributed by atoms with Crippen LogP contribution in [0.2, 0.25) is 0 Å². The van der Waals surface area contributed by atoms with Crippen LogP contribution in [0.4, 0.5) is 30.5 Å². The summed E-state index contributed by atoms with van der Waals surface area (Å²) in [6, 6.07) is 5.77. The SMILES string of the molecule is O=C(Cn1cc(Nc2ncc3cc(F)c(O)cc3n2)cn1)Nc1cccc(F)c1F. The zero-order chi connectivity index (χ0) is 21.3. The van der Waals surface area contributed by atoms with Crippen LogP contribution < -0.4 is 10.6 Å². The van der Waals surface area contributed by atoms with Crippen LogP contribution >= 0.6 is 0 Å². The minimum absolute atomic E-state index is 0.166. The molecule has 2 aromatic carbocycles. The Kier molecular flexibility index (Phi) is 4.92. The summed E-state index contributed by atoms with van der Waals surface area (Å²) in [5.41, 5.74) is 0.510. The number of halogens is 3. The molecule has 2 heterocycles. The van der Waals surface area contributed by atoms with Gasteiger partial charge in [0.05, 0.1) is 23.1 Å². The van der Waals surface area contributed by atoms with Crippen molar-refractivity contribution in [3.63, 3.8) is 0 Å². The molecule has 152 valence electrons. The average molecular weight is 414 g/mol. The fourth-order valence-electron chi connectivity index (χ4n) is 2.68. The van der Waals surface area contributed by atoms with E-state index >= 15 is 0 Å². The fraction of sp³-hybridized carbons (Fsp3) is 0.0526. The van der Waals surface area contributed by atoms with E-state index in [1.165, 1.54) is 41.5 Å². The molecule has 0 fully saturated rings. The summed E-state index contributed by atoms with van der Waals surface area (Å²) in [6.45, 7) is -0.247. The van der Waals surface area contributed by atoms with E-state index < -0.39 is 29.1 Å². The number of carbonyl (C=O) groups excluding carboxylic acids is 1. The van der Waals surface area contributed by atoms with Gasteiger partial charge in [-0.1, -0.05) is 6.07 Å². The van der Waals surface area contributed by atoms with Gasteiger partial charge in [-0.25, -0.2) is 23.1 Å². The minimum Gasteiger partial charge on any atom is -0.505 e. The van der Waals surface area contributed by atoms with E-state index in [4.69, 9.17) is 0 Å². The third-order valence-electron chi connectivity index (χ3n) is 4.07. The number of fused-ring (bicyclic) bond motifs is 1. The molecule has 0 saturated carbocycles. The van der Waals surface area contributed by atoms with Gasteiger partial charge >= 0.3 is 0 Å². The number of benzene rings is 2. The monoisotopic (exact) mass is 414 g/mol. The molecule has 0 aliphatic heterocycles. The van der Waals surface area contributed by atoms with Gasteiger partial charge < -0.3 is 15.7 Å². The molecule has 2 aromatic heterocycles. The molecule has 0 atom stereocenters. The Balaban J connectivity index is 1.44. The molecular weight excluding hydrogens is 401 g/mol. The maximum Gasteiger partial charge on any atom is 0.246 e. The normalized spacial score (nSPS) is 10.9. The van der Waals surface area contributed by atoms with Gasteiger partial charge in [0.15, 0.2) is 23.2 Å². The van der Waals surface area contributed by atoms with Crippen LogP contribution in [0, 0.1) is 17.5 Å². The molecule has 0 bridgehead atoms. The molecule has 30 heavy (non-hydrogen) atoms. The Hall–Kier alpha value is -4.15. The first-order chi connectivity index (χ1) is 14.4. The molecule has 0 radical (unpaired) electrons. The van der Waals surface area contributed by atoms with Crippen LogP contribution in [-0.2, 0) is 11.3 Å². The van der Waals surface area contributed by atoms with E-state index in [9.17, 15) is 23.1 Å². The highest BCUT2D eigenvalue weighted by Crippen LogP contribution is 2.23.